The summed E-state index contributed by atoms with van der Waals surface area (Å²) in [6.07, 6.45) is 5.09. The maximum absolute atomic E-state index is 13.8. The number of methoxy groups -OCH3 is 1. The van der Waals surface area contributed by atoms with Gasteiger partial charge in [-0.2, -0.15) is 0 Å². The molecule has 1 aliphatic carbocycles. The van der Waals surface area contributed by atoms with Crippen LogP contribution in [0.25, 0.3) is 0 Å². The Morgan fingerprint density at radius 2 is 1.78 bits per heavy atom. The van der Waals surface area contributed by atoms with E-state index in [1.807, 2.05) is 0 Å². The van der Waals surface area contributed by atoms with E-state index in [1.54, 1.807) is 30.3 Å². The zero-order chi connectivity index (χ0) is 25.5. The Labute approximate surface area is 208 Å². The van der Waals surface area contributed by atoms with E-state index in [0.29, 0.717) is 17.0 Å². The normalized spacial score (nSPS) is 14.2. The van der Waals surface area contributed by atoms with Crippen LogP contribution in [0, 0.1) is 5.82 Å². The molecule has 1 saturated carbocycles. The second kappa shape index (κ2) is 11.5. The van der Waals surface area contributed by atoms with Gasteiger partial charge in [-0.05, 0) is 54.8 Å². The van der Waals surface area contributed by atoms with E-state index in [0.717, 1.165) is 25.7 Å². The van der Waals surface area contributed by atoms with Crippen LogP contribution in [-0.4, -0.2) is 37.4 Å². The molecular formula is C27H28FN3O5. The molecule has 3 aromatic rings. The highest BCUT2D eigenvalue weighted by atomic mass is 19.1. The number of amides is 3. The Kier molecular flexibility index (Phi) is 7.99. The van der Waals surface area contributed by atoms with Gasteiger partial charge < -0.3 is 19.8 Å². The van der Waals surface area contributed by atoms with Crippen molar-refractivity contribution in [3.05, 3.63) is 84.1 Å². The van der Waals surface area contributed by atoms with Crippen molar-refractivity contribution in [2.75, 3.05) is 18.6 Å². The van der Waals surface area contributed by atoms with Gasteiger partial charge in [0, 0.05) is 6.04 Å². The van der Waals surface area contributed by atoms with Crippen molar-refractivity contribution in [3.63, 3.8) is 0 Å². The first kappa shape index (κ1) is 25.0. The molecule has 0 spiro atoms. The van der Waals surface area contributed by atoms with Crippen molar-refractivity contribution >= 4 is 23.4 Å². The zero-order valence-corrected chi connectivity index (χ0v) is 19.9. The maximum atomic E-state index is 13.8. The molecule has 0 aliphatic heterocycles. The van der Waals surface area contributed by atoms with Crippen LogP contribution >= 0.6 is 0 Å². The summed E-state index contributed by atoms with van der Waals surface area (Å²) in [5, 5.41) is 5.60. The molecule has 36 heavy (non-hydrogen) atoms. The van der Waals surface area contributed by atoms with Gasteiger partial charge in [-0.25, -0.2) is 4.39 Å². The van der Waals surface area contributed by atoms with Crippen LogP contribution in [0.2, 0.25) is 0 Å². The molecule has 1 unspecified atom stereocenters. The first-order chi connectivity index (χ1) is 17.5. The first-order valence-corrected chi connectivity index (χ1v) is 11.8. The van der Waals surface area contributed by atoms with Gasteiger partial charge in [0.25, 0.3) is 5.91 Å². The third-order valence-electron chi connectivity index (χ3n) is 6.15. The van der Waals surface area contributed by atoms with Crippen LogP contribution in [0.4, 0.5) is 10.1 Å². The molecule has 1 aliphatic rings. The third-order valence-corrected chi connectivity index (χ3v) is 6.15. The Balaban J connectivity index is 1.72. The Bertz CT molecular complexity index is 1190. The highest BCUT2D eigenvalue weighted by Gasteiger charge is 2.35. The lowest BCUT2D eigenvalue weighted by Gasteiger charge is -2.33. The lowest BCUT2D eigenvalue weighted by atomic mass is 10.0. The number of anilines is 1. The maximum Gasteiger partial charge on any atom is 0.287 e. The number of nitrogens with zero attached hydrogens (tertiary/aromatic N) is 1. The van der Waals surface area contributed by atoms with Crippen molar-refractivity contribution in [2.45, 2.75) is 37.8 Å². The smallest absolute Gasteiger partial charge is 0.287 e. The topological polar surface area (TPSA) is 101 Å². The molecule has 0 bridgehead atoms. The number of hydrogen-bond acceptors (Lipinski definition) is 5. The zero-order valence-electron chi connectivity index (χ0n) is 19.9. The van der Waals surface area contributed by atoms with E-state index in [-0.39, 0.29) is 11.8 Å². The summed E-state index contributed by atoms with van der Waals surface area (Å²) in [4.78, 5) is 41.1. The predicted octanol–water partition coefficient (Wildman–Crippen LogP) is 3.99. The van der Waals surface area contributed by atoms with Crippen molar-refractivity contribution in [2.24, 2.45) is 0 Å². The van der Waals surface area contributed by atoms with Crippen molar-refractivity contribution < 1.29 is 27.9 Å². The molecule has 2 aromatic carbocycles. The summed E-state index contributed by atoms with van der Waals surface area (Å²) in [5.41, 5.74) is 0.761. The van der Waals surface area contributed by atoms with E-state index in [1.165, 1.54) is 48.6 Å². The number of carbonyl (C=O) groups is 3. The molecule has 1 heterocycles. The van der Waals surface area contributed by atoms with E-state index in [4.69, 9.17) is 9.15 Å². The Morgan fingerprint density at radius 1 is 1.06 bits per heavy atom. The lowest BCUT2D eigenvalue weighted by molar-refractivity contribution is -0.126. The van der Waals surface area contributed by atoms with Crippen LogP contribution < -0.4 is 20.3 Å². The molecule has 0 radical (unpaired) electrons. The van der Waals surface area contributed by atoms with E-state index in [2.05, 4.69) is 10.6 Å². The van der Waals surface area contributed by atoms with Gasteiger partial charge in [-0.3, -0.25) is 19.3 Å². The summed E-state index contributed by atoms with van der Waals surface area (Å²) < 4.78 is 24.4. The van der Waals surface area contributed by atoms with Crippen LogP contribution in [0.5, 0.6) is 5.75 Å². The summed E-state index contributed by atoms with van der Waals surface area (Å²) in [5.74, 6) is -1.57. The molecule has 4 rings (SSSR count). The molecule has 2 N–H and O–H groups in total. The summed E-state index contributed by atoms with van der Waals surface area (Å²) in [6, 6.07) is 14.2. The monoisotopic (exact) mass is 493 g/mol. The largest absolute Gasteiger partial charge is 0.495 e. The van der Waals surface area contributed by atoms with Crippen LogP contribution in [0.1, 0.15) is 47.8 Å². The second-order valence-electron chi connectivity index (χ2n) is 8.54. The summed E-state index contributed by atoms with van der Waals surface area (Å²) in [6.45, 7) is -0.411. The number of carbonyl (C=O) groups excluding carboxylic acids is 3. The van der Waals surface area contributed by atoms with Gasteiger partial charge in [-0.1, -0.05) is 37.1 Å². The number of furan rings is 1. The van der Waals surface area contributed by atoms with Gasteiger partial charge in [-0.15, -0.1) is 0 Å². The quantitative estimate of drug-likeness (QED) is 0.470. The standard InChI is InChI=1S/C27H28FN3O5/c1-35-22-10-5-4-9-21(22)31(24(32)17-29-26(33)23-11-6-16-36-23)25(18-12-14-19(28)15-13-18)27(34)30-20-7-2-3-8-20/h4-6,9-16,20,25H,2-3,7-8,17H2,1H3,(H,29,33)(H,30,34). The molecular weight excluding hydrogens is 465 g/mol. The number of rotatable bonds is 9. The van der Waals surface area contributed by atoms with Gasteiger partial charge >= 0.3 is 0 Å². The molecule has 0 saturated heterocycles. The fourth-order valence-electron chi connectivity index (χ4n) is 4.40. The number of nitrogens with one attached hydrogen (secondary N) is 2. The average molecular weight is 494 g/mol. The van der Waals surface area contributed by atoms with Gasteiger partial charge in [0.05, 0.1) is 25.6 Å². The summed E-state index contributed by atoms with van der Waals surface area (Å²) >= 11 is 0. The molecule has 1 aromatic heterocycles. The first-order valence-electron chi connectivity index (χ1n) is 11.8. The molecule has 8 nitrogen and oxygen atoms in total. The van der Waals surface area contributed by atoms with Crippen molar-refractivity contribution in [1.29, 1.82) is 0 Å². The minimum absolute atomic E-state index is 0.00581. The van der Waals surface area contributed by atoms with Gasteiger partial charge in [0.1, 0.15) is 17.6 Å². The van der Waals surface area contributed by atoms with Gasteiger partial charge in [0.15, 0.2) is 5.76 Å². The van der Waals surface area contributed by atoms with Crippen LogP contribution in [0.3, 0.4) is 0 Å². The minimum Gasteiger partial charge on any atom is -0.495 e. The summed E-state index contributed by atoms with van der Waals surface area (Å²) in [7, 11) is 1.46. The van der Waals surface area contributed by atoms with E-state index in [9.17, 15) is 18.8 Å². The highest BCUT2D eigenvalue weighted by molar-refractivity contribution is 6.05. The number of para-hydroxylation sites is 2. The fourth-order valence-corrected chi connectivity index (χ4v) is 4.40. The third kappa shape index (κ3) is 5.73. The number of hydrogen-bond donors (Lipinski definition) is 2. The van der Waals surface area contributed by atoms with Crippen LogP contribution in [-0.2, 0) is 9.59 Å². The Hall–Kier alpha value is -4.14. The average Bonchev–Trinajstić information content (AvgIpc) is 3.61. The molecule has 1 atom stereocenters. The van der Waals surface area contributed by atoms with Crippen molar-refractivity contribution in [1.82, 2.24) is 10.6 Å². The van der Waals surface area contributed by atoms with Crippen molar-refractivity contribution in [3.8, 4) is 5.75 Å². The Morgan fingerprint density at radius 3 is 2.44 bits per heavy atom. The number of halogens is 1. The SMILES string of the molecule is COc1ccccc1N(C(=O)CNC(=O)c1ccco1)C(C(=O)NC1CCCC1)c1ccc(F)cc1. The molecule has 3 amide bonds. The highest BCUT2D eigenvalue weighted by Crippen LogP contribution is 2.35. The fraction of sp³-hybridized carbons (Fsp3) is 0.296. The molecule has 9 heteroatoms. The number of ether oxygens (including phenoxy) is 1. The molecule has 188 valence electrons. The lowest BCUT2D eigenvalue weighted by Crippen LogP contribution is -2.49. The second-order valence-corrected chi connectivity index (χ2v) is 8.54. The van der Waals surface area contributed by atoms with E-state index < -0.39 is 36.1 Å². The molecule has 1 fully saturated rings. The predicted molar refractivity (Wildman–Crippen MR) is 131 cm³/mol. The minimum atomic E-state index is -1.13. The van der Waals surface area contributed by atoms with E-state index >= 15 is 0 Å². The number of benzene rings is 2. The van der Waals surface area contributed by atoms with Gasteiger partial charge in [0.2, 0.25) is 11.8 Å². The van der Waals surface area contributed by atoms with Crippen LogP contribution in [0.15, 0.2) is 71.3 Å².